The van der Waals surface area contributed by atoms with Gasteiger partial charge in [0.15, 0.2) is 0 Å². The van der Waals surface area contributed by atoms with Gasteiger partial charge in [0.2, 0.25) is 0 Å². The van der Waals surface area contributed by atoms with Gasteiger partial charge in [-0.3, -0.25) is 0 Å². The maximum atomic E-state index is 12.6. The molecule has 1 aliphatic carbocycles. The molecule has 2 atom stereocenters. The highest BCUT2D eigenvalue weighted by molar-refractivity contribution is 5.31. The van der Waals surface area contributed by atoms with E-state index in [-0.39, 0.29) is 12.7 Å². The smallest absolute Gasteiger partial charge is 0.389 e. The second-order valence-corrected chi connectivity index (χ2v) is 7.22. The molecule has 1 aliphatic rings. The molecule has 0 aliphatic heterocycles. The maximum absolute atomic E-state index is 12.6. The Labute approximate surface area is 163 Å². The zero-order valence-electron chi connectivity index (χ0n) is 15.7. The van der Waals surface area contributed by atoms with Crippen molar-refractivity contribution >= 4 is 0 Å². The molecule has 0 unspecified atom stereocenters. The van der Waals surface area contributed by atoms with Crippen LogP contribution in [0.15, 0.2) is 48.5 Å². The van der Waals surface area contributed by atoms with E-state index in [4.69, 9.17) is 4.74 Å². The molecule has 3 nitrogen and oxygen atoms in total. The number of rotatable bonds is 8. The van der Waals surface area contributed by atoms with E-state index in [1.807, 2.05) is 12.1 Å². The van der Waals surface area contributed by atoms with Gasteiger partial charge in [-0.1, -0.05) is 36.4 Å². The highest BCUT2D eigenvalue weighted by atomic mass is 19.4. The summed E-state index contributed by atoms with van der Waals surface area (Å²) in [5, 5.41) is 13.3. The summed E-state index contributed by atoms with van der Waals surface area (Å²) in [7, 11) is 0. The average molecular weight is 393 g/mol. The Morgan fingerprint density at radius 1 is 1.11 bits per heavy atom. The Morgan fingerprint density at radius 3 is 2.61 bits per heavy atom. The van der Waals surface area contributed by atoms with Crippen LogP contribution in [0.1, 0.15) is 41.2 Å². The first-order chi connectivity index (χ1) is 13.4. The van der Waals surface area contributed by atoms with Gasteiger partial charge in [0.25, 0.3) is 0 Å². The van der Waals surface area contributed by atoms with E-state index in [2.05, 4.69) is 17.4 Å². The lowest BCUT2D eigenvalue weighted by atomic mass is 9.89. The molecule has 6 heteroatoms. The number of aliphatic hydroxyl groups is 1. The first-order valence-electron chi connectivity index (χ1n) is 9.68. The molecule has 0 radical (unpaired) electrons. The minimum Gasteiger partial charge on any atom is -0.389 e. The Hall–Kier alpha value is -1.89. The molecule has 0 amide bonds. The molecule has 0 fully saturated rings. The fourth-order valence-electron chi connectivity index (χ4n) is 3.53. The molecule has 0 aromatic heterocycles. The maximum Gasteiger partial charge on any atom is 0.416 e. The van der Waals surface area contributed by atoms with Crippen LogP contribution in [0.4, 0.5) is 13.2 Å². The van der Waals surface area contributed by atoms with Crippen LogP contribution in [0.3, 0.4) is 0 Å². The van der Waals surface area contributed by atoms with Crippen molar-refractivity contribution in [1.82, 2.24) is 5.32 Å². The zero-order chi connectivity index (χ0) is 20.0. The fourth-order valence-corrected chi connectivity index (χ4v) is 3.53. The van der Waals surface area contributed by atoms with Gasteiger partial charge in [-0.25, -0.2) is 0 Å². The van der Waals surface area contributed by atoms with Crippen LogP contribution in [0.5, 0.6) is 0 Å². The molecule has 2 aromatic carbocycles. The van der Waals surface area contributed by atoms with Crippen molar-refractivity contribution < 1.29 is 23.0 Å². The van der Waals surface area contributed by atoms with Crippen LogP contribution in [0.25, 0.3) is 0 Å². The first kappa shape index (κ1) is 20.8. The number of alkyl halides is 3. The van der Waals surface area contributed by atoms with E-state index in [0.717, 1.165) is 37.0 Å². The van der Waals surface area contributed by atoms with E-state index >= 15 is 0 Å². The van der Waals surface area contributed by atoms with E-state index < -0.39 is 17.8 Å². The van der Waals surface area contributed by atoms with Gasteiger partial charge in [0.1, 0.15) is 0 Å². The van der Waals surface area contributed by atoms with Crippen molar-refractivity contribution in [3.05, 3.63) is 70.8 Å². The second-order valence-electron chi connectivity index (χ2n) is 7.22. The van der Waals surface area contributed by atoms with Crippen LogP contribution >= 0.6 is 0 Å². The predicted octanol–water partition coefficient (Wildman–Crippen LogP) is 4.29. The Morgan fingerprint density at radius 2 is 1.86 bits per heavy atom. The molecule has 0 saturated heterocycles. The van der Waals surface area contributed by atoms with Gasteiger partial charge in [0.05, 0.1) is 24.4 Å². The lowest BCUT2D eigenvalue weighted by Crippen LogP contribution is -2.32. The number of hydrogen-bond acceptors (Lipinski definition) is 3. The molecule has 0 spiro atoms. The average Bonchev–Trinajstić information content (AvgIpc) is 2.69. The first-order valence-corrected chi connectivity index (χ1v) is 9.68. The van der Waals surface area contributed by atoms with Crippen LogP contribution < -0.4 is 5.32 Å². The van der Waals surface area contributed by atoms with E-state index in [0.29, 0.717) is 19.5 Å². The van der Waals surface area contributed by atoms with Gasteiger partial charge in [-0.15, -0.1) is 0 Å². The van der Waals surface area contributed by atoms with Crippen molar-refractivity contribution in [3.63, 3.8) is 0 Å². The molecule has 0 heterocycles. The van der Waals surface area contributed by atoms with Gasteiger partial charge in [-0.05, 0) is 61.1 Å². The highest BCUT2D eigenvalue weighted by Gasteiger charge is 2.29. The summed E-state index contributed by atoms with van der Waals surface area (Å²) in [6.45, 7) is 1.22. The Balaban J connectivity index is 1.36. The third kappa shape index (κ3) is 5.80. The summed E-state index contributed by atoms with van der Waals surface area (Å²) >= 11 is 0. The third-order valence-electron chi connectivity index (χ3n) is 5.06. The number of halogens is 3. The largest absolute Gasteiger partial charge is 0.416 e. The summed E-state index contributed by atoms with van der Waals surface area (Å²) < 4.78 is 43.6. The molecule has 2 N–H and O–H groups in total. The van der Waals surface area contributed by atoms with Crippen molar-refractivity contribution in [2.45, 2.75) is 44.1 Å². The minimum atomic E-state index is -4.31. The Bertz CT molecular complexity index is 746. The van der Waals surface area contributed by atoms with Crippen molar-refractivity contribution in [3.8, 4) is 0 Å². The summed E-state index contributed by atoms with van der Waals surface area (Å²) in [6.07, 6.45) is -1.17. The highest BCUT2D eigenvalue weighted by Crippen LogP contribution is 2.32. The number of ether oxygens (including phenoxy) is 1. The Kier molecular flexibility index (Phi) is 7.10. The van der Waals surface area contributed by atoms with Crippen molar-refractivity contribution in [2.75, 3.05) is 19.7 Å². The van der Waals surface area contributed by atoms with Crippen LogP contribution in [-0.2, 0) is 23.8 Å². The summed E-state index contributed by atoms with van der Waals surface area (Å²) in [4.78, 5) is 0. The van der Waals surface area contributed by atoms with Crippen LogP contribution in [0, 0.1) is 0 Å². The number of nitrogens with one attached hydrogen (secondary N) is 1. The number of aliphatic hydroxyl groups excluding tert-OH is 1. The van der Waals surface area contributed by atoms with Crippen molar-refractivity contribution in [2.24, 2.45) is 0 Å². The zero-order valence-corrected chi connectivity index (χ0v) is 15.7. The van der Waals surface area contributed by atoms with Crippen LogP contribution in [-0.4, -0.2) is 30.9 Å². The van der Waals surface area contributed by atoms with Gasteiger partial charge < -0.3 is 15.2 Å². The summed E-state index contributed by atoms with van der Waals surface area (Å²) in [5.74, 6) is 0. The second kappa shape index (κ2) is 9.54. The molecule has 28 heavy (non-hydrogen) atoms. The van der Waals surface area contributed by atoms with E-state index in [1.54, 1.807) is 0 Å². The van der Waals surface area contributed by atoms with E-state index in [9.17, 15) is 18.3 Å². The van der Waals surface area contributed by atoms with Crippen molar-refractivity contribution in [1.29, 1.82) is 0 Å². The molecule has 3 rings (SSSR count). The minimum absolute atomic E-state index is 0.0340. The fraction of sp³-hybridized carbons (Fsp3) is 0.455. The number of hydrogen-bond donors (Lipinski definition) is 2. The number of benzene rings is 2. The normalized spacial score (nSPS) is 17.9. The molecule has 152 valence electrons. The van der Waals surface area contributed by atoms with Gasteiger partial charge in [0, 0.05) is 6.54 Å². The van der Waals surface area contributed by atoms with E-state index in [1.165, 1.54) is 23.3 Å². The van der Waals surface area contributed by atoms with Crippen LogP contribution in [0.2, 0.25) is 0 Å². The number of aryl methyl sites for hydroxylation is 1. The monoisotopic (exact) mass is 393 g/mol. The molecule has 2 aromatic rings. The molecule has 0 bridgehead atoms. The quantitative estimate of drug-likeness (QED) is 0.658. The lowest BCUT2D eigenvalue weighted by Gasteiger charge is -2.26. The molecular weight excluding hydrogens is 367 g/mol. The van der Waals surface area contributed by atoms with Gasteiger partial charge in [-0.2, -0.15) is 13.2 Å². The predicted molar refractivity (Wildman–Crippen MR) is 102 cm³/mol. The topological polar surface area (TPSA) is 41.5 Å². The SMILES string of the molecule is O[C@H](CNCCc1ccc(C(F)(F)F)cc1)CO[C@H]1CCCc2ccccc21. The molecule has 0 saturated carbocycles. The lowest BCUT2D eigenvalue weighted by molar-refractivity contribution is -0.137. The molecular formula is C22H26F3NO2. The van der Waals surface area contributed by atoms with Gasteiger partial charge >= 0.3 is 6.18 Å². The summed E-state index contributed by atoms with van der Waals surface area (Å²) in [6, 6.07) is 13.4. The third-order valence-corrected chi connectivity index (χ3v) is 5.06. The standard InChI is InChI=1S/C22H26F3NO2/c23-22(24,25)18-10-8-16(9-11-18)12-13-26-14-19(27)15-28-21-7-3-5-17-4-1-2-6-20(17)21/h1-2,4,6,8-11,19,21,26-27H,3,5,7,12-15H2/t19-,21+/m1/s1. The number of fused-ring (bicyclic) bond motifs is 1. The summed E-state index contributed by atoms with van der Waals surface area (Å²) in [5.41, 5.74) is 2.73.